The number of carbonyl (C=O) groups excluding carboxylic acids is 2. The van der Waals surface area contributed by atoms with Gasteiger partial charge in [0.25, 0.3) is 5.91 Å². The van der Waals surface area contributed by atoms with Crippen molar-refractivity contribution in [3.05, 3.63) is 45.3 Å². The summed E-state index contributed by atoms with van der Waals surface area (Å²) < 4.78 is 10.2. The lowest BCUT2D eigenvalue weighted by Gasteiger charge is -2.17. The molecule has 1 amide bonds. The highest BCUT2D eigenvalue weighted by molar-refractivity contribution is 6.31. The molecular weight excluding hydrogens is 334 g/mol. The topological polar surface area (TPSA) is 85.6 Å². The Bertz CT molecular complexity index is 827. The summed E-state index contributed by atoms with van der Waals surface area (Å²) in [6, 6.07) is 5.48. The molecule has 1 heterocycles. The second-order valence-corrected chi connectivity index (χ2v) is 6.23. The Morgan fingerprint density at radius 3 is 2.62 bits per heavy atom. The molecule has 0 spiro atoms. The van der Waals surface area contributed by atoms with E-state index in [0.717, 1.165) is 6.07 Å². The smallest absolute Gasteiger partial charge is 0.374 e. The Morgan fingerprint density at radius 2 is 1.96 bits per heavy atom. The first kappa shape index (κ1) is 18.0. The van der Waals surface area contributed by atoms with Crippen LogP contribution in [0.3, 0.4) is 0 Å². The molecule has 0 radical (unpaired) electrons. The number of hydrogen-bond acceptors (Lipinski definition) is 5. The predicted octanol–water partition coefficient (Wildman–Crippen LogP) is 2.76. The lowest BCUT2D eigenvalue weighted by molar-refractivity contribution is -0.125. The minimum absolute atomic E-state index is 0.0421. The van der Waals surface area contributed by atoms with Gasteiger partial charge in [0.2, 0.25) is 5.76 Å². The minimum atomic E-state index is -0.878. The standard InChI is InChI=1S/C17H18ClNO5/c1-9(2)10(3)19-16(21)8-23-17(22)15-7-13(20)12-6-11(18)4-5-14(12)24-15/h4-7,9-10H,8H2,1-3H3,(H,19,21)/t10-/m1/s1. The molecule has 0 aliphatic heterocycles. The summed E-state index contributed by atoms with van der Waals surface area (Å²) in [6.45, 7) is 5.34. The van der Waals surface area contributed by atoms with Crippen LogP contribution in [0.1, 0.15) is 31.3 Å². The van der Waals surface area contributed by atoms with Gasteiger partial charge in [0.05, 0.1) is 5.39 Å². The van der Waals surface area contributed by atoms with Gasteiger partial charge in [-0.1, -0.05) is 25.4 Å². The van der Waals surface area contributed by atoms with Gasteiger partial charge in [-0.15, -0.1) is 0 Å². The van der Waals surface area contributed by atoms with Gasteiger partial charge < -0.3 is 14.5 Å². The van der Waals surface area contributed by atoms with E-state index >= 15 is 0 Å². The number of nitrogens with one attached hydrogen (secondary N) is 1. The van der Waals surface area contributed by atoms with Crippen LogP contribution in [-0.4, -0.2) is 24.5 Å². The molecule has 7 heteroatoms. The van der Waals surface area contributed by atoms with Crippen LogP contribution in [0, 0.1) is 5.92 Å². The highest BCUT2D eigenvalue weighted by atomic mass is 35.5. The normalized spacial score (nSPS) is 12.2. The van der Waals surface area contributed by atoms with Gasteiger partial charge in [-0.05, 0) is 31.0 Å². The van der Waals surface area contributed by atoms with Gasteiger partial charge >= 0.3 is 5.97 Å². The zero-order chi connectivity index (χ0) is 17.9. The molecular formula is C17H18ClNO5. The number of halogens is 1. The maximum atomic E-state index is 12.0. The predicted molar refractivity (Wildman–Crippen MR) is 90.2 cm³/mol. The highest BCUT2D eigenvalue weighted by Gasteiger charge is 2.17. The summed E-state index contributed by atoms with van der Waals surface area (Å²) in [7, 11) is 0. The molecule has 24 heavy (non-hydrogen) atoms. The Kier molecular flexibility index (Phi) is 5.62. The van der Waals surface area contributed by atoms with Crippen molar-refractivity contribution in [2.45, 2.75) is 26.8 Å². The van der Waals surface area contributed by atoms with E-state index in [4.69, 9.17) is 20.8 Å². The number of ether oxygens (including phenoxy) is 1. The van der Waals surface area contributed by atoms with Gasteiger partial charge in [-0.25, -0.2) is 4.79 Å². The summed E-state index contributed by atoms with van der Waals surface area (Å²) >= 11 is 5.82. The number of esters is 1. The molecule has 0 aliphatic rings. The maximum absolute atomic E-state index is 12.0. The van der Waals surface area contributed by atoms with Gasteiger partial charge in [0.15, 0.2) is 12.0 Å². The Labute approximate surface area is 143 Å². The molecule has 2 aromatic rings. The van der Waals surface area contributed by atoms with Crippen molar-refractivity contribution in [3.63, 3.8) is 0 Å². The van der Waals surface area contributed by atoms with Crippen molar-refractivity contribution in [2.75, 3.05) is 6.61 Å². The fourth-order valence-electron chi connectivity index (χ4n) is 1.89. The molecule has 0 unspecified atom stereocenters. The van der Waals surface area contributed by atoms with Crippen molar-refractivity contribution in [1.82, 2.24) is 5.32 Å². The number of amides is 1. The van der Waals surface area contributed by atoms with Crippen molar-refractivity contribution in [2.24, 2.45) is 5.92 Å². The summed E-state index contributed by atoms with van der Waals surface area (Å²) in [6.07, 6.45) is 0. The zero-order valence-electron chi connectivity index (χ0n) is 13.6. The molecule has 1 N–H and O–H groups in total. The average Bonchev–Trinajstić information content (AvgIpc) is 2.52. The fraction of sp³-hybridized carbons (Fsp3) is 0.353. The molecule has 0 aliphatic carbocycles. The number of carbonyl (C=O) groups is 2. The van der Waals surface area contributed by atoms with E-state index < -0.39 is 23.9 Å². The van der Waals surface area contributed by atoms with E-state index in [1.165, 1.54) is 12.1 Å². The molecule has 2 rings (SSSR count). The van der Waals surface area contributed by atoms with Gasteiger partial charge in [-0.3, -0.25) is 9.59 Å². The second-order valence-electron chi connectivity index (χ2n) is 5.79. The van der Waals surface area contributed by atoms with Crippen LogP contribution in [0.15, 0.2) is 33.5 Å². The molecule has 1 atom stereocenters. The molecule has 0 saturated carbocycles. The van der Waals surface area contributed by atoms with Crippen molar-refractivity contribution in [1.29, 1.82) is 0 Å². The third kappa shape index (κ3) is 4.35. The van der Waals surface area contributed by atoms with E-state index in [1.807, 2.05) is 20.8 Å². The van der Waals surface area contributed by atoms with Crippen LogP contribution >= 0.6 is 11.6 Å². The van der Waals surface area contributed by atoms with Gasteiger partial charge in [0, 0.05) is 17.1 Å². The first-order chi connectivity index (χ1) is 11.3. The maximum Gasteiger partial charge on any atom is 0.374 e. The van der Waals surface area contributed by atoms with Crippen LogP contribution < -0.4 is 10.7 Å². The fourth-order valence-corrected chi connectivity index (χ4v) is 2.07. The molecule has 1 aromatic heterocycles. The monoisotopic (exact) mass is 351 g/mol. The van der Waals surface area contributed by atoms with Crippen LogP contribution in [0.5, 0.6) is 0 Å². The Balaban J connectivity index is 2.08. The van der Waals surface area contributed by atoms with E-state index in [-0.39, 0.29) is 28.7 Å². The highest BCUT2D eigenvalue weighted by Crippen LogP contribution is 2.18. The summed E-state index contributed by atoms with van der Waals surface area (Å²) in [5, 5.41) is 3.37. The largest absolute Gasteiger partial charge is 0.450 e. The van der Waals surface area contributed by atoms with Gasteiger partial charge in [0.1, 0.15) is 5.58 Å². The van der Waals surface area contributed by atoms with E-state index in [2.05, 4.69) is 5.32 Å². The first-order valence-electron chi connectivity index (χ1n) is 7.48. The van der Waals surface area contributed by atoms with Crippen LogP contribution in [0.2, 0.25) is 5.02 Å². The zero-order valence-corrected chi connectivity index (χ0v) is 14.3. The van der Waals surface area contributed by atoms with Crippen LogP contribution in [-0.2, 0) is 9.53 Å². The van der Waals surface area contributed by atoms with E-state index in [9.17, 15) is 14.4 Å². The quantitative estimate of drug-likeness (QED) is 0.837. The van der Waals surface area contributed by atoms with Crippen molar-refractivity contribution >= 4 is 34.4 Å². The van der Waals surface area contributed by atoms with Crippen LogP contribution in [0.25, 0.3) is 11.0 Å². The Morgan fingerprint density at radius 1 is 1.25 bits per heavy atom. The lowest BCUT2D eigenvalue weighted by Crippen LogP contribution is -2.38. The minimum Gasteiger partial charge on any atom is -0.450 e. The Hall–Kier alpha value is -2.34. The third-order valence-corrected chi connectivity index (χ3v) is 3.85. The van der Waals surface area contributed by atoms with Crippen molar-refractivity contribution in [3.8, 4) is 0 Å². The van der Waals surface area contributed by atoms with Gasteiger partial charge in [-0.2, -0.15) is 0 Å². The molecule has 0 fully saturated rings. The molecule has 1 aromatic carbocycles. The lowest BCUT2D eigenvalue weighted by atomic mass is 10.1. The molecule has 6 nitrogen and oxygen atoms in total. The third-order valence-electron chi connectivity index (χ3n) is 3.61. The number of rotatable bonds is 5. The first-order valence-corrected chi connectivity index (χ1v) is 7.85. The summed E-state index contributed by atoms with van der Waals surface area (Å²) in [5.41, 5.74) is -0.194. The number of fused-ring (bicyclic) bond motifs is 1. The average molecular weight is 352 g/mol. The van der Waals surface area contributed by atoms with Crippen molar-refractivity contribution < 1.29 is 18.7 Å². The van der Waals surface area contributed by atoms with E-state index in [1.54, 1.807) is 6.07 Å². The number of benzene rings is 1. The second kappa shape index (κ2) is 7.49. The molecule has 0 bridgehead atoms. The summed E-state index contributed by atoms with van der Waals surface area (Å²) in [4.78, 5) is 35.7. The molecule has 0 saturated heterocycles. The molecule has 128 valence electrons. The van der Waals surface area contributed by atoms with E-state index in [0.29, 0.717) is 5.02 Å². The van der Waals surface area contributed by atoms with Crippen LogP contribution in [0.4, 0.5) is 0 Å². The SMILES string of the molecule is CC(C)[C@@H](C)NC(=O)COC(=O)c1cc(=O)c2cc(Cl)ccc2o1. The summed E-state index contributed by atoms with van der Waals surface area (Å²) in [5.74, 6) is -1.30. The number of hydrogen-bond donors (Lipinski definition) is 1.